The highest BCUT2D eigenvalue weighted by Crippen LogP contribution is 2.19. The van der Waals surface area contributed by atoms with E-state index in [1.807, 2.05) is 11.7 Å². The number of nitrogens with two attached hydrogens (primary N) is 1. The molecule has 5 heteroatoms. The van der Waals surface area contributed by atoms with Gasteiger partial charge in [-0.05, 0) is 19.4 Å². The van der Waals surface area contributed by atoms with Gasteiger partial charge in [0.1, 0.15) is 0 Å². The van der Waals surface area contributed by atoms with E-state index in [2.05, 4.69) is 15.2 Å². The third kappa shape index (κ3) is 4.35. The molecule has 0 saturated carbocycles. The molecule has 1 fully saturated rings. The number of thiazole rings is 1. The van der Waals surface area contributed by atoms with Gasteiger partial charge in [0.05, 0.1) is 5.51 Å². The van der Waals surface area contributed by atoms with Crippen LogP contribution in [0, 0.1) is 0 Å². The first kappa shape index (κ1) is 13.0. The SMILES string of the molecule is NC(CCCCN1CCNCC1)c1cncs1. The summed E-state index contributed by atoms with van der Waals surface area (Å²) in [5.74, 6) is 0. The number of unbranched alkanes of at least 4 members (excludes halogenated alkanes) is 1. The molecule has 1 unspecified atom stereocenters. The number of rotatable bonds is 6. The van der Waals surface area contributed by atoms with Gasteiger partial charge in [-0.3, -0.25) is 4.98 Å². The highest BCUT2D eigenvalue weighted by atomic mass is 32.1. The molecule has 96 valence electrons. The normalized spacial score (nSPS) is 19.4. The molecule has 2 rings (SSSR count). The van der Waals surface area contributed by atoms with Crippen LogP contribution < -0.4 is 11.1 Å². The van der Waals surface area contributed by atoms with Crippen molar-refractivity contribution in [2.45, 2.75) is 25.3 Å². The number of hydrogen-bond acceptors (Lipinski definition) is 5. The molecular weight excluding hydrogens is 232 g/mol. The second-order valence-corrected chi connectivity index (χ2v) is 5.52. The van der Waals surface area contributed by atoms with Crippen molar-refractivity contribution in [3.8, 4) is 0 Å². The quantitative estimate of drug-likeness (QED) is 0.750. The average molecular weight is 254 g/mol. The lowest BCUT2D eigenvalue weighted by Crippen LogP contribution is -2.43. The molecule has 17 heavy (non-hydrogen) atoms. The standard InChI is InChI=1S/C12H22N4S/c13-11(12-9-15-10-17-12)3-1-2-6-16-7-4-14-5-8-16/h9-11,14H,1-8,13H2. The van der Waals surface area contributed by atoms with Gasteiger partial charge in [-0.1, -0.05) is 6.42 Å². The molecule has 1 saturated heterocycles. The summed E-state index contributed by atoms with van der Waals surface area (Å²) in [6, 6.07) is 0.186. The third-order valence-electron chi connectivity index (χ3n) is 3.27. The molecule has 0 bridgehead atoms. The van der Waals surface area contributed by atoms with E-state index in [4.69, 9.17) is 5.73 Å². The molecule has 3 N–H and O–H groups in total. The van der Waals surface area contributed by atoms with Crippen LogP contribution in [0.3, 0.4) is 0 Å². The van der Waals surface area contributed by atoms with Crippen LogP contribution in [-0.2, 0) is 0 Å². The van der Waals surface area contributed by atoms with E-state index < -0.39 is 0 Å². The van der Waals surface area contributed by atoms with Gasteiger partial charge in [-0.2, -0.15) is 0 Å². The van der Waals surface area contributed by atoms with Crippen LogP contribution >= 0.6 is 11.3 Å². The van der Waals surface area contributed by atoms with Crippen LogP contribution in [0.2, 0.25) is 0 Å². The predicted molar refractivity (Wildman–Crippen MR) is 72.2 cm³/mol. The fraction of sp³-hybridized carbons (Fsp3) is 0.750. The van der Waals surface area contributed by atoms with E-state index in [9.17, 15) is 0 Å². The zero-order valence-corrected chi connectivity index (χ0v) is 11.1. The van der Waals surface area contributed by atoms with Crippen LogP contribution in [0.15, 0.2) is 11.7 Å². The van der Waals surface area contributed by atoms with Crippen LogP contribution in [0.5, 0.6) is 0 Å². The van der Waals surface area contributed by atoms with E-state index in [-0.39, 0.29) is 6.04 Å². The summed E-state index contributed by atoms with van der Waals surface area (Å²) in [6.45, 7) is 5.89. The Hall–Kier alpha value is -0.490. The van der Waals surface area contributed by atoms with Crippen LogP contribution in [0.1, 0.15) is 30.2 Å². The van der Waals surface area contributed by atoms with Gasteiger partial charge >= 0.3 is 0 Å². The maximum Gasteiger partial charge on any atom is 0.0794 e. The average Bonchev–Trinajstić information content (AvgIpc) is 2.89. The second-order valence-electron chi connectivity index (χ2n) is 4.60. The van der Waals surface area contributed by atoms with Crippen molar-refractivity contribution in [3.63, 3.8) is 0 Å². The number of nitrogens with zero attached hydrogens (tertiary/aromatic N) is 2. The lowest BCUT2D eigenvalue weighted by Gasteiger charge is -2.27. The largest absolute Gasteiger partial charge is 0.323 e. The van der Waals surface area contributed by atoms with E-state index in [0.29, 0.717) is 0 Å². The molecule has 1 aliphatic rings. The van der Waals surface area contributed by atoms with E-state index >= 15 is 0 Å². The van der Waals surface area contributed by atoms with Crippen LogP contribution in [0.4, 0.5) is 0 Å². The van der Waals surface area contributed by atoms with Gasteiger partial charge in [0.15, 0.2) is 0 Å². The summed E-state index contributed by atoms with van der Waals surface area (Å²) >= 11 is 1.66. The zero-order valence-electron chi connectivity index (χ0n) is 10.3. The Kier molecular flexibility index (Phi) is 5.38. The van der Waals surface area contributed by atoms with E-state index in [1.165, 1.54) is 37.4 Å². The van der Waals surface area contributed by atoms with Gasteiger partial charge in [0.25, 0.3) is 0 Å². The van der Waals surface area contributed by atoms with Crippen molar-refractivity contribution in [1.82, 2.24) is 15.2 Å². The Labute approximate surface area is 107 Å². The summed E-state index contributed by atoms with van der Waals surface area (Å²) in [4.78, 5) is 7.82. The monoisotopic (exact) mass is 254 g/mol. The van der Waals surface area contributed by atoms with Gasteiger partial charge in [0.2, 0.25) is 0 Å². The highest BCUT2D eigenvalue weighted by molar-refractivity contribution is 7.09. The Balaban J connectivity index is 1.56. The topological polar surface area (TPSA) is 54.2 Å². The summed E-state index contributed by atoms with van der Waals surface area (Å²) in [5, 5.41) is 3.37. The Bertz CT molecular complexity index is 295. The van der Waals surface area contributed by atoms with Gasteiger partial charge in [-0.15, -0.1) is 11.3 Å². The molecule has 2 heterocycles. The Morgan fingerprint density at radius 2 is 2.24 bits per heavy atom. The van der Waals surface area contributed by atoms with Gasteiger partial charge < -0.3 is 16.0 Å². The lowest BCUT2D eigenvalue weighted by molar-refractivity contribution is 0.235. The summed E-state index contributed by atoms with van der Waals surface area (Å²) in [6.07, 6.45) is 5.44. The number of hydrogen-bond donors (Lipinski definition) is 2. The van der Waals surface area contributed by atoms with Crippen LogP contribution in [-0.4, -0.2) is 42.6 Å². The van der Waals surface area contributed by atoms with Crippen molar-refractivity contribution < 1.29 is 0 Å². The number of piperazine rings is 1. The predicted octanol–water partition coefficient (Wildman–Crippen LogP) is 1.22. The summed E-state index contributed by atoms with van der Waals surface area (Å²) < 4.78 is 0. The molecule has 0 amide bonds. The molecule has 0 aromatic carbocycles. The van der Waals surface area contributed by atoms with Crippen LogP contribution in [0.25, 0.3) is 0 Å². The van der Waals surface area contributed by atoms with Crippen molar-refractivity contribution in [2.24, 2.45) is 5.73 Å². The molecule has 1 aromatic heterocycles. The number of nitrogens with one attached hydrogen (secondary N) is 1. The van der Waals surface area contributed by atoms with Crippen molar-refractivity contribution in [3.05, 3.63) is 16.6 Å². The zero-order chi connectivity index (χ0) is 11.9. The van der Waals surface area contributed by atoms with Gasteiger partial charge in [-0.25, -0.2) is 0 Å². The minimum Gasteiger partial charge on any atom is -0.323 e. The van der Waals surface area contributed by atoms with Gasteiger partial charge in [0, 0.05) is 43.3 Å². The Morgan fingerprint density at radius 3 is 2.94 bits per heavy atom. The molecule has 0 spiro atoms. The summed E-state index contributed by atoms with van der Waals surface area (Å²) in [7, 11) is 0. The minimum atomic E-state index is 0.186. The minimum absolute atomic E-state index is 0.186. The number of aromatic nitrogens is 1. The van der Waals surface area contributed by atoms with E-state index in [0.717, 1.165) is 19.5 Å². The first-order chi connectivity index (χ1) is 8.36. The fourth-order valence-electron chi connectivity index (χ4n) is 2.19. The maximum absolute atomic E-state index is 6.11. The van der Waals surface area contributed by atoms with Crippen molar-refractivity contribution in [1.29, 1.82) is 0 Å². The fourth-order valence-corrected chi connectivity index (χ4v) is 2.84. The molecule has 1 aliphatic heterocycles. The summed E-state index contributed by atoms with van der Waals surface area (Å²) in [5.41, 5.74) is 7.96. The molecule has 0 aliphatic carbocycles. The smallest absolute Gasteiger partial charge is 0.0794 e. The molecular formula is C12H22N4S. The first-order valence-corrected chi connectivity index (χ1v) is 7.31. The molecule has 1 atom stereocenters. The van der Waals surface area contributed by atoms with Crippen molar-refractivity contribution in [2.75, 3.05) is 32.7 Å². The third-order valence-corrected chi connectivity index (χ3v) is 4.17. The maximum atomic E-state index is 6.11. The lowest BCUT2D eigenvalue weighted by atomic mass is 10.1. The molecule has 4 nitrogen and oxygen atoms in total. The first-order valence-electron chi connectivity index (χ1n) is 6.43. The molecule has 1 aromatic rings. The van der Waals surface area contributed by atoms with E-state index in [1.54, 1.807) is 11.3 Å². The highest BCUT2D eigenvalue weighted by Gasteiger charge is 2.10. The second kappa shape index (κ2) is 7.06. The molecule has 0 radical (unpaired) electrons. The van der Waals surface area contributed by atoms with Crippen molar-refractivity contribution >= 4 is 11.3 Å². The Morgan fingerprint density at radius 1 is 1.41 bits per heavy atom.